The van der Waals surface area contributed by atoms with Gasteiger partial charge in [-0.3, -0.25) is 0 Å². The van der Waals surface area contributed by atoms with Crippen LogP contribution in [0.15, 0.2) is 24.3 Å². The van der Waals surface area contributed by atoms with Gasteiger partial charge in [0.15, 0.2) is 0 Å². The van der Waals surface area contributed by atoms with Crippen LogP contribution >= 0.6 is 34.1 Å². The summed E-state index contributed by atoms with van der Waals surface area (Å²) in [4.78, 5) is 0. The van der Waals surface area contributed by atoms with E-state index in [1.165, 1.54) is 21.1 Å². The van der Waals surface area contributed by atoms with Crippen molar-refractivity contribution in [1.29, 1.82) is 0 Å². The average Bonchev–Trinajstić information content (AvgIpc) is 2.82. The Morgan fingerprint density at radius 2 is 0.938 bits per heavy atom. The second-order valence-electron chi connectivity index (χ2n) is 1.52. The topological polar surface area (TPSA) is 78.1 Å². The first-order valence-electron chi connectivity index (χ1n) is 4.30. The van der Waals surface area contributed by atoms with Crippen molar-refractivity contribution in [1.82, 2.24) is 0 Å². The Morgan fingerprint density at radius 1 is 0.750 bits per heavy atom. The first-order chi connectivity index (χ1) is 7.50. The molecule has 8 heteroatoms. The first-order valence-corrected chi connectivity index (χ1v) is 17.0. The van der Waals surface area contributed by atoms with Crippen LogP contribution in [0.25, 0.3) is 0 Å². The molecule has 0 spiro atoms. The molecule has 0 aromatic rings. The van der Waals surface area contributed by atoms with E-state index in [0.717, 1.165) is 6.42 Å². The summed E-state index contributed by atoms with van der Waals surface area (Å²) < 4.78 is 0. The Labute approximate surface area is 118 Å². The number of hydrogen-bond acceptors (Lipinski definition) is 3. The standard InChI is InChI=1S/C5H6.3CH5N.4ClH.Zr/c1-2-4-5-3-1;3*1-2;;;;;/h1-4H,5H2;3*2H2,1H3;4*1H;/q;;;;;;;;+4/p-4. The van der Waals surface area contributed by atoms with Gasteiger partial charge < -0.3 is 17.2 Å². The zero-order valence-corrected chi connectivity index (χ0v) is 15.2. The number of hydrogen-bond donors (Lipinski definition) is 3. The predicted molar refractivity (Wildman–Crippen MR) is 76.6 cm³/mol. The van der Waals surface area contributed by atoms with Crippen molar-refractivity contribution in [2.75, 3.05) is 21.1 Å². The van der Waals surface area contributed by atoms with E-state index >= 15 is 0 Å². The second-order valence-corrected chi connectivity index (χ2v) is 23.9. The third-order valence-corrected chi connectivity index (χ3v) is 0.655. The van der Waals surface area contributed by atoms with Crippen molar-refractivity contribution >= 4 is 34.1 Å². The summed E-state index contributed by atoms with van der Waals surface area (Å²) in [6.07, 6.45) is 9.50. The van der Waals surface area contributed by atoms with Gasteiger partial charge >= 0.3 is 49.5 Å². The maximum atomic E-state index is 5.04. The fourth-order valence-corrected chi connectivity index (χ4v) is 0.393. The summed E-state index contributed by atoms with van der Waals surface area (Å²) in [5.74, 6) is 0. The van der Waals surface area contributed by atoms with Crippen LogP contribution < -0.4 is 17.2 Å². The molecule has 0 saturated carbocycles. The van der Waals surface area contributed by atoms with E-state index in [9.17, 15) is 0 Å². The van der Waals surface area contributed by atoms with Crippen molar-refractivity contribution in [2.45, 2.75) is 6.42 Å². The minimum atomic E-state index is -3.29. The molecule has 3 nitrogen and oxygen atoms in total. The van der Waals surface area contributed by atoms with Crippen molar-refractivity contribution in [3.63, 3.8) is 0 Å². The normalized spacial score (nSPS) is 10.4. The van der Waals surface area contributed by atoms with Crippen LogP contribution in [0, 0.1) is 0 Å². The minimum absolute atomic E-state index is 1.14. The Kier molecular flexibility index (Phi) is 41.2. The van der Waals surface area contributed by atoms with Crippen LogP contribution in [0.4, 0.5) is 0 Å². The molecule has 0 atom stereocenters. The monoisotopic (exact) mass is 389 g/mol. The zero-order chi connectivity index (χ0) is 14.0. The fourth-order valence-electron chi connectivity index (χ4n) is 0.393. The van der Waals surface area contributed by atoms with E-state index in [1.807, 2.05) is 0 Å². The van der Waals surface area contributed by atoms with Gasteiger partial charge in [0.05, 0.1) is 0 Å². The molecular weight excluding hydrogens is 371 g/mol. The zero-order valence-electron chi connectivity index (χ0n) is 9.76. The molecule has 1 aliphatic carbocycles. The Bertz CT molecular complexity index is 133. The van der Waals surface area contributed by atoms with Crippen LogP contribution in [0.1, 0.15) is 6.42 Å². The molecule has 0 saturated heterocycles. The molecule has 1 rings (SSSR count). The first kappa shape index (κ1) is 26.1. The summed E-state index contributed by atoms with van der Waals surface area (Å²) in [5.41, 5.74) is 13.5. The molecule has 0 amide bonds. The molecule has 0 bridgehead atoms. The van der Waals surface area contributed by atoms with E-state index in [1.54, 1.807) is 0 Å². The van der Waals surface area contributed by atoms with Crippen LogP contribution in [-0.4, -0.2) is 21.1 Å². The molecule has 0 aromatic carbocycles. The van der Waals surface area contributed by atoms with Crippen molar-refractivity contribution in [2.24, 2.45) is 17.2 Å². The van der Waals surface area contributed by atoms with Crippen LogP contribution in [0.2, 0.25) is 0 Å². The van der Waals surface area contributed by atoms with E-state index in [2.05, 4.69) is 41.5 Å². The Hall–Kier alpha value is 1.40. The third kappa shape index (κ3) is 77.9. The van der Waals surface area contributed by atoms with Gasteiger partial charge in [0.2, 0.25) is 0 Å². The molecule has 100 valence electrons. The molecular formula is C8H21Cl4N3Zr. The van der Waals surface area contributed by atoms with Gasteiger partial charge in [-0.25, -0.2) is 0 Å². The Balaban J connectivity index is -0.0000000619. The quantitative estimate of drug-likeness (QED) is 0.593. The van der Waals surface area contributed by atoms with Gasteiger partial charge in [-0.2, -0.15) is 0 Å². The van der Waals surface area contributed by atoms with Gasteiger partial charge in [-0.15, -0.1) is 0 Å². The van der Waals surface area contributed by atoms with Crippen LogP contribution in [-0.2, 0) is 15.5 Å². The van der Waals surface area contributed by atoms with Gasteiger partial charge in [0, 0.05) is 0 Å². The van der Waals surface area contributed by atoms with Gasteiger partial charge in [-0.1, -0.05) is 24.3 Å². The molecule has 0 radical (unpaired) electrons. The van der Waals surface area contributed by atoms with Gasteiger partial charge in [0.25, 0.3) is 0 Å². The summed E-state index contributed by atoms with van der Waals surface area (Å²) in [7, 11) is 24.6. The third-order valence-electron chi connectivity index (χ3n) is 0.655. The number of rotatable bonds is 0. The molecule has 0 aliphatic heterocycles. The molecule has 16 heavy (non-hydrogen) atoms. The average molecular weight is 392 g/mol. The van der Waals surface area contributed by atoms with Crippen LogP contribution in [0.5, 0.6) is 0 Å². The summed E-state index contributed by atoms with van der Waals surface area (Å²) in [6.45, 7) is 0. The van der Waals surface area contributed by atoms with E-state index < -0.39 is 15.5 Å². The number of nitrogens with two attached hydrogens (primary N) is 3. The SMILES string of the molecule is C1=CCC=C1.CN.CN.CN.[Cl][Zr]([Cl])([Cl])[Cl]. The molecule has 0 unspecified atom stereocenters. The summed E-state index contributed by atoms with van der Waals surface area (Å²) in [5, 5.41) is 0. The van der Waals surface area contributed by atoms with Gasteiger partial charge in [-0.05, 0) is 27.6 Å². The van der Waals surface area contributed by atoms with E-state index in [4.69, 9.17) is 34.1 Å². The molecule has 0 aromatic heterocycles. The van der Waals surface area contributed by atoms with Crippen molar-refractivity contribution in [3.05, 3.63) is 24.3 Å². The molecule has 0 fully saturated rings. The number of allylic oxidation sites excluding steroid dienone is 4. The maximum absolute atomic E-state index is 5.04. The van der Waals surface area contributed by atoms with E-state index in [0.29, 0.717) is 0 Å². The molecule has 0 heterocycles. The van der Waals surface area contributed by atoms with E-state index in [-0.39, 0.29) is 0 Å². The second kappa shape index (κ2) is 25.3. The summed E-state index contributed by atoms with van der Waals surface area (Å²) in [6, 6.07) is 0. The molecule has 1 aliphatic rings. The summed E-state index contributed by atoms with van der Waals surface area (Å²) >= 11 is -3.29. The molecule has 6 N–H and O–H groups in total. The predicted octanol–water partition coefficient (Wildman–Crippen LogP) is 2.98. The fraction of sp³-hybridized carbons (Fsp3) is 0.500. The number of halogens is 4. The van der Waals surface area contributed by atoms with Crippen molar-refractivity contribution < 1.29 is 15.5 Å². The Morgan fingerprint density at radius 3 is 1.00 bits per heavy atom. The van der Waals surface area contributed by atoms with Crippen molar-refractivity contribution in [3.8, 4) is 0 Å². The van der Waals surface area contributed by atoms with Crippen LogP contribution in [0.3, 0.4) is 0 Å². The van der Waals surface area contributed by atoms with Gasteiger partial charge in [0.1, 0.15) is 0 Å².